The summed E-state index contributed by atoms with van der Waals surface area (Å²) in [5.74, 6) is -1.45. The third kappa shape index (κ3) is 2.59. The van der Waals surface area contributed by atoms with Gasteiger partial charge in [-0.2, -0.15) is 5.10 Å². The van der Waals surface area contributed by atoms with Crippen molar-refractivity contribution in [2.75, 3.05) is 6.54 Å². The van der Waals surface area contributed by atoms with Gasteiger partial charge in [-0.3, -0.25) is 14.3 Å². The van der Waals surface area contributed by atoms with E-state index in [1.54, 1.807) is 26.2 Å². The molecule has 2 N–H and O–H groups in total. The number of nitrogens with zero attached hydrogens (tertiary/aromatic N) is 2. The minimum Gasteiger partial charge on any atom is -0.480 e. The Labute approximate surface area is 93.3 Å². The summed E-state index contributed by atoms with van der Waals surface area (Å²) in [7, 11) is 0. The van der Waals surface area contributed by atoms with E-state index in [0.717, 1.165) is 5.56 Å². The lowest BCUT2D eigenvalue weighted by molar-refractivity contribution is -0.139. The Balaban J connectivity index is 2.77. The van der Waals surface area contributed by atoms with Gasteiger partial charge in [0.15, 0.2) is 0 Å². The molecule has 0 aliphatic heterocycles. The molecule has 1 heterocycles. The predicted molar refractivity (Wildman–Crippen MR) is 56.9 cm³/mol. The Morgan fingerprint density at radius 1 is 1.56 bits per heavy atom. The molecule has 0 aliphatic rings. The summed E-state index contributed by atoms with van der Waals surface area (Å²) in [4.78, 5) is 22.1. The highest BCUT2D eigenvalue weighted by atomic mass is 16.4. The molecule has 6 heteroatoms. The predicted octanol–water partition coefficient (Wildman–Crippen LogP) is 0.127. The maximum atomic E-state index is 11.7. The monoisotopic (exact) mass is 225 g/mol. The first-order valence-corrected chi connectivity index (χ1v) is 4.86. The molecular formula is C10H15N3O3. The molecule has 0 fully saturated rings. The van der Waals surface area contributed by atoms with Gasteiger partial charge in [0.25, 0.3) is 0 Å². The molecule has 0 bridgehead atoms. The third-order valence-corrected chi connectivity index (χ3v) is 2.24. The first-order valence-electron chi connectivity index (χ1n) is 4.86. The standard InChI is InChI=1S/C10H15N3O3/c1-7-4-12-13(6-7)10(2,3)9(16)11-5-8(14)15/h4,6H,5H2,1-3H3,(H,11,16)(H,14,15). The van der Waals surface area contributed by atoms with Gasteiger partial charge in [-0.15, -0.1) is 0 Å². The van der Waals surface area contributed by atoms with Crippen LogP contribution in [0.2, 0.25) is 0 Å². The smallest absolute Gasteiger partial charge is 0.322 e. The topological polar surface area (TPSA) is 84.2 Å². The molecule has 0 atom stereocenters. The summed E-state index contributed by atoms with van der Waals surface area (Å²) in [5.41, 5.74) is 0.0445. The maximum Gasteiger partial charge on any atom is 0.322 e. The number of aryl methyl sites for hydroxylation is 1. The van der Waals surface area contributed by atoms with E-state index in [2.05, 4.69) is 10.4 Å². The summed E-state index contributed by atoms with van der Waals surface area (Å²) in [6.07, 6.45) is 3.38. The van der Waals surface area contributed by atoms with Crippen LogP contribution in [0.25, 0.3) is 0 Å². The van der Waals surface area contributed by atoms with E-state index >= 15 is 0 Å². The van der Waals surface area contributed by atoms with E-state index in [1.165, 1.54) is 4.68 Å². The van der Waals surface area contributed by atoms with Gasteiger partial charge in [-0.05, 0) is 26.3 Å². The number of aromatic nitrogens is 2. The van der Waals surface area contributed by atoms with Crippen molar-refractivity contribution in [1.29, 1.82) is 0 Å². The normalized spacial score (nSPS) is 11.2. The molecule has 1 amide bonds. The second kappa shape index (κ2) is 4.34. The minimum absolute atomic E-state index is 0.377. The number of aliphatic carboxylic acids is 1. The second-order valence-corrected chi connectivity index (χ2v) is 4.10. The van der Waals surface area contributed by atoms with Crippen LogP contribution in [0.5, 0.6) is 0 Å². The number of rotatable bonds is 4. The van der Waals surface area contributed by atoms with Crippen molar-refractivity contribution in [3.8, 4) is 0 Å². The van der Waals surface area contributed by atoms with Crippen molar-refractivity contribution in [3.05, 3.63) is 18.0 Å². The van der Waals surface area contributed by atoms with Gasteiger partial charge in [0.1, 0.15) is 12.1 Å². The average molecular weight is 225 g/mol. The lowest BCUT2D eigenvalue weighted by atomic mass is 10.1. The molecular weight excluding hydrogens is 210 g/mol. The fraction of sp³-hybridized carbons (Fsp3) is 0.500. The van der Waals surface area contributed by atoms with Crippen LogP contribution in [0.3, 0.4) is 0 Å². The number of carboxylic acid groups (broad SMARTS) is 1. The van der Waals surface area contributed by atoms with Crippen LogP contribution in [0, 0.1) is 6.92 Å². The SMILES string of the molecule is Cc1cnn(C(C)(C)C(=O)NCC(=O)O)c1. The zero-order valence-electron chi connectivity index (χ0n) is 9.52. The molecule has 0 spiro atoms. The molecule has 6 nitrogen and oxygen atoms in total. The molecule has 0 radical (unpaired) electrons. The number of amides is 1. The van der Waals surface area contributed by atoms with E-state index in [-0.39, 0.29) is 12.5 Å². The summed E-state index contributed by atoms with van der Waals surface area (Å²) < 4.78 is 1.51. The van der Waals surface area contributed by atoms with Crippen molar-refractivity contribution in [2.24, 2.45) is 0 Å². The zero-order valence-corrected chi connectivity index (χ0v) is 9.52. The van der Waals surface area contributed by atoms with Gasteiger partial charge in [0, 0.05) is 6.20 Å². The highest BCUT2D eigenvalue weighted by Crippen LogP contribution is 2.14. The van der Waals surface area contributed by atoms with Crippen LogP contribution in [-0.2, 0) is 15.1 Å². The van der Waals surface area contributed by atoms with Crippen LogP contribution in [-0.4, -0.2) is 33.3 Å². The fourth-order valence-corrected chi connectivity index (χ4v) is 1.19. The number of carboxylic acids is 1. The number of nitrogens with one attached hydrogen (secondary N) is 1. The molecule has 0 aliphatic carbocycles. The lowest BCUT2D eigenvalue weighted by Crippen LogP contribution is -2.46. The average Bonchev–Trinajstić information content (AvgIpc) is 2.61. The van der Waals surface area contributed by atoms with Crippen LogP contribution >= 0.6 is 0 Å². The van der Waals surface area contributed by atoms with Crippen LogP contribution < -0.4 is 5.32 Å². The first-order chi connectivity index (χ1) is 7.34. The van der Waals surface area contributed by atoms with Gasteiger partial charge in [-0.25, -0.2) is 0 Å². The van der Waals surface area contributed by atoms with E-state index in [1.807, 2.05) is 6.92 Å². The largest absolute Gasteiger partial charge is 0.480 e. The molecule has 1 aromatic rings. The van der Waals surface area contributed by atoms with Crippen molar-refractivity contribution in [3.63, 3.8) is 0 Å². The van der Waals surface area contributed by atoms with Crippen LogP contribution in [0.1, 0.15) is 19.4 Å². The molecule has 16 heavy (non-hydrogen) atoms. The van der Waals surface area contributed by atoms with Crippen LogP contribution in [0.4, 0.5) is 0 Å². The van der Waals surface area contributed by atoms with Gasteiger partial charge in [0.2, 0.25) is 5.91 Å². The van der Waals surface area contributed by atoms with E-state index in [0.29, 0.717) is 0 Å². The Morgan fingerprint density at radius 3 is 2.62 bits per heavy atom. The Hall–Kier alpha value is -1.85. The molecule has 1 aromatic heterocycles. The second-order valence-electron chi connectivity index (χ2n) is 4.10. The summed E-state index contributed by atoms with van der Waals surface area (Å²) in [6, 6.07) is 0. The van der Waals surface area contributed by atoms with E-state index < -0.39 is 11.5 Å². The van der Waals surface area contributed by atoms with Crippen LogP contribution in [0.15, 0.2) is 12.4 Å². The fourth-order valence-electron chi connectivity index (χ4n) is 1.19. The lowest BCUT2D eigenvalue weighted by Gasteiger charge is -2.23. The van der Waals surface area contributed by atoms with E-state index in [4.69, 9.17) is 5.11 Å². The van der Waals surface area contributed by atoms with Gasteiger partial charge in [-0.1, -0.05) is 0 Å². The molecule has 0 unspecified atom stereocenters. The van der Waals surface area contributed by atoms with Crippen molar-refractivity contribution in [1.82, 2.24) is 15.1 Å². The molecule has 1 rings (SSSR count). The molecule has 88 valence electrons. The zero-order chi connectivity index (χ0) is 12.3. The van der Waals surface area contributed by atoms with Gasteiger partial charge >= 0.3 is 5.97 Å². The number of hydrogen-bond acceptors (Lipinski definition) is 3. The Morgan fingerprint density at radius 2 is 2.19 bits per heavy atom. The Bertz CT molecular complexity index is 409. The highest BCUT2D eigenvalue weighted by molar-refractivity contribution is 5.86. The minimum atomic E-state index is -1.07. The number of carbonyl (C=O) groups is 2. The van der Waals surface area contributed by atoms with Gasteiger partial charge < -0.3 is 10.4 Å². The third-order valence-electron chi connectivity index (χ3n) is 2.24. The molecule has 0 saturated carbocycles. The summed E-state index contributed by atoms with van der Waals surface area (Å²) in [5, 5.41) is 14.8. The molecule has 0 saturated heterocycles. The highest BCUT2D eigenvalue weighted by Gasteiger charge is 2.30. The summed E-state index contributed by atoms with van der Waals surface area (Å²) in [6.45, 7) is 4.84. The van der Waals surface area contributed by atoms with E-state index in [9.17, 15) is 9.59 Å². The quantitative estimate of drug-likeness (QED) is 0.762. The number of hydrogen-bond donors (Lipinski definition) is 2. The Kier molecular flexibility index (Phi) is 3.31. The first kappa shape index (κ1) is 12.2. The maximum absolute atomic E-state index is 11.7. The van der Waals surface area contributed by atoms with Crippen molar-refractivity contribution in [2.45, 2.75) is 26.3 Å². The van der Waals surface area contributed by atoms with Crippen molar-refractivity contribution >= 4 is 11.9 Å². The summed E-state index contributed by atoms with van der Waals surface area (Å²) >= 11 is 0. The number of carbonyl (C=O) groups excluding carboxylic acids is 1. The molecule has 0 aromatic carbocycles. The van der Waals surface area contributed by atoms with Gasteiger partial charge in [0.05, 0.1) is 6.20 Å². The van der Waals surface area contributed by atoms with Crippen molar-refractivity contribution < 1.29 is 14.7 Å².